The van der Waals surface area contributed by atoms with Crippen molar-refractivity contribution < 1.29 is 4.79 Å². The Labute approximate surface area is 99.8 Å². The maximum Gasteiger partial charge on any atom is 0.225 e. The van der Waals surface area contributed by atoms with Gasteiger partial charge in [0.1, 0.15) is 0 Å². The first-order valence-electron chi connectivity index (χ1n) is 6.16. The Hall–Kier alpha value is -0.610. The van der Waals surface area contributed by atoms with Gasteiger partial charge in [-0.3, -0.25) is 4.79 Å². The van der Waals surface area contributed by atoms with Gasteiger partial charge < -0.3 is 15.5 Å². The van der Waals surface area contributed by atoms with Crippen LogP contribution in [0.4, 0.5) is 0 Å². The minimum absolute atomic E-state index is 0.0544. The first-order valence-corrected chi connectivity index (χ1v) is 6.16. The van der Waals surface area contributed by atoms with Gasteiger partial charge in [0.25, 0.3) is 0 Å². The topological polar surface area (TPSA) is 49.6 Å². The number of carbonyl (C=O) groups is 1. The minimum atomic E-state index is 0.0544. The summed E-state index contributed by atoms with van der Waals surface area (Å²) in [6, 6.07) is 0. The van der Waals surface area contributed by atoms with Crippen LogP contribution in [0.25, 0.3) is 0 Å². The van der Waals surface area contributed by atoms with Gasteiger partial charge in [0.2, 0.25) is 5.91 Å². The fraction of sp³-hybridized carbons (Fsp3) is 0.917. The molecule has 16 heavy (non-hydrogen) atoms. The van der Waals surface area contributed by atoms with Gasteiger partial charge in [0.15, 0.2) is 0 Å². The highest BCUT2D eigenvalue weighted by atomic mass is 16.2. The van der Waals surface area contributed by atoms with Crippen molar-refractivity contribution in [3.05, 3.63) is 0 Å². The van der Waals surface area contributed by atoms with Gasteiger partial charge in [-0.25, -0.2) is 0 Å². The minimum Gasteiger partial charge on any atom is -0.341 e. The molecule has 4 nitrogen and oxygen atoms in total. The van der Waals surface area contributed by atoms with Crippen LogP contribution in [0, 0.1) is 5.92 Å². The molecule has 0 aromatic carbocycles. The molecule has 0 radical (unpaired) electrons. The lowest BCUT2D eigenvalue weighted by Crippen LogP contribution is -2.40. The summed E-state index contributed by atoms with van der Waals surface area (Å²) < 4.78 is 0. The molecule has 0 saturated carbocycles. The first kappa shape index (κ1) is 15.4. The second-order valence-electron chi connectivity index (χ2n) is 4.61. The highest BCUT2D eigenvalue weighted by Crippen LogP contribution is 2.07. The molecule has 0 heterocycles. The first-order chi connectivity index (χ1) is 7.52. The van der Waals surface area contributed by atoms with Crippen molar-refractivity contribution in [1.82, 2.24) is 9.80 Å². The Morgan fingerprint density at radius 2 is 1.88 bits per heavy atom. The Kier molecular flexibility index (Phi) is 8.21. The van der Waals surface area contributed by atoms with Gasteiger partial charge >= 0.3 is 0 Å². The average Bonchev–Trinajstić information content (AvgIpc) is 2.23. The van der Waals surface area contributed by atoms with E-state index in [4.69, 9.17) is 5.73 Å². The largest absolute Gasteiger partial charge is 0.341 e. The van der Waals surface area contributed by atoms with E-state index in [9.17, 15) is 4.79 Å². The fourth-order valence-corrected chi connectivity index (χ4v) is 1.61. The maximum absolute atomic E-state index is 12.1. The standard InChI is InChI=1S/C12H27N3O/c1-5-8-15(10-9-14(3)4)12(16)11(2)6-7-13/h11H,5-10,13H2,1-4H3. The highest BCUT2D eigenvalue weighted by Gasteiger charge is 2.18. The molecule has 0 bridgehead atoms. The zero-order chi connectivity index (χ0) is 12.6. The number of hydrogen-bond donors (Lipinski definition) is 1. The van der Waals surface area contributed by atoms with Gasteiger partial charge in [0, 0.05) is 25.6 Å². The second kappa shape index (κ2) is 8.53. The third-order valence-electron chi connectivity index (χ3n) is 2.64. The predicted octanol–water partition coefficient (Wildman–Crippen LogP) is 0.772. The lowest BCUT2D eigenvalue weighted by Gasteiger charge is -2.26. The van der Waals surface area contributed by atoms with Crippen LogP contribution < -0.4 is 5.73 Å². The number of nitrogens with zero attached hydrogens (tertiary/aromatic N) is 2. The number of carbonyl (C=O) groups excluding carboxylic acids is 1. The Morgan fingerprint density at radius 1 is 1.25 bits per heavy atom. The van der Waals surface area contributed by atoms with Gasteiger partial charge in [-0.1, -0.05) is 13.8 Å². The van der Waals surface area contributed by atoms with Gasteiger partial charge in [0.05, 0.1) is 0 Å². The van der Waals surface area contributed by atoms with E-state index in [2.05, 4.69) is 11.8 Å². The smallest absolute Gasteiger partial charge is 0.225 e. The zero-order valence-electron chi connectivity index (χ0n) is 11.2. The van der Waals surface area contributed by atoms with E-state index in [-0.39, 0.29) is 11.8 Å². The summed E-state index contributed by atoms with van der Waals surface area (Å²) in [5, 5.41) is 0. The van der Waals surface area contributed by atoms with E-state index in [1.807, 2.05) is 25.9 Å². The molecule has 0 aromatic rings. The van der Waals surface area contributed by atoms with Crippen LogP contribution in [0.3, 0.4) is 0 Å². The van der Waals surface area contributed by atoms with E-state index < -0.39 is 0 Å². The van der Waals surface area contributed by atoms with Gasteiger partial charge in [-0.2, -0.15) is 0 Å². The van der Waals surface area contributed by atoms with Crippen LogP contribution in [-0.4, -0.2) is 56.0 Å². The fourth-order valence-electron chi connectivity index (χ4n) is 1.61. The van der Waals surface area contributed by atoms with Crippen LogP contribution in [0.5, 0.6) is 0 Å². The molecule has 1 atom stereocenters. The van der Waals surface area contributed by atoms with Crippen LogP contribution in [0.2, 0.25) is 0 Å². The normalized spacial score (nSPS) is 12.9. The van der Waals surface area contributed by atoms with E-state index in [0.717, 1.165) is 32.5 Å². The molecular weight excluding hydrogens is 202 g/mol. The summed E-state index contributed by atoms with van der Waals surface area (Å²) in [5.41, 5.74) is 5.48. The van der Waals surface area contributed by atoms with Crippen LogP contribution in [0.15, 0.2) is 0 Å². The SMILES string of the molecule is CCCN(CCN(C)C)C(=O)C(C)CCN. The maximum atomic E-state index is 12.1. The third kappa shape index (κ3) is 6.08. The summed E-state index contributed by atoms with van der Waals surface area (Å²) >= 11 is 0. The van der Waals surface area contributed by atoms with E-state index in [0.29, 0.717) is 6.54 Å². The van der Waals surface area contributed by atoms with Crippen LogP contribution in [0.1, 0.15) is 26.7 Å². The monoisotopic (exact) mass is 229 g/mol. The summed E-state index contributed by atoms with van der Waals surface area (Å²) in [7, 11) is 4.05. The van der Waals surface area contributed by atoms with Crippen LogP contribution >= 0.6 is 0 Å². The van der Waals surface area contributed by atoms with E-state index >= 15 is 0 Å². The molecule has 0 saturated heterocycles. The number of rotatable bonds is 8. The number of hydrogen-bond acceptors (Lipinski definition) is 3. The van der Waals surface area contributed by atoms with Crippen molar-refractivity contribution in [2.75, 3.05) is 40.3 Å². The Morgan fingerprint density at radius 3 is 2.31 bits per heavy atom. The average molecular weight is 229 g/mol. The molecule has 0 aliphatic carbocycles. The number of nitrogens with two attached hydrogens (primary N) is 1. The molecule has 1 unspecified atom stereocenters. The molecule has 1 amide bonds. The summed E-state index contributed by atoms with van der Waals surface area (Å²) in [5.74, 6) is 0.299. The van der Waals surface area contributed by atoms with Crippen molar-refractivity contribution in [2.45, 2.75) is 26.7 Å². The molecule has 4 heteroatoms. The lowest BCUT2D eigenvalue weighted by molar-refractivity contribution is -0.135. The molecule has 0 aromatic heterocycles. The highest BCUT2D eigenvalue weighted by molar-refractivity contribution is 5.78. The molecule has 2 N–H and O–H groups in total. The van der Waals surface area contributed by atoms with Gasteiger partial charge in [-0.15, -0.1) is 0 Å². The molecule has 0 rings (SSSR count). The van der Waals surface area contributed by atoms with E-state index in [1.54, 1.807) is 0 Å². The Balaban J connectivity index is 4.22. The van der Waals surface area contributed by atoms with Crippen LogP contribution in [-0.2, 0) is 4.79 Å². The quantitative estimate of drug-likeness (QED) is 0.669. The van der Waals surface area contributed by atoms with E-state index in [1.165, 1.54) is 0 Å². The third-order valence-corrected chi connectivity index (χ3v) is 2.64. The predicted molar refractivity (Wildman–Crippen MR) is 68.3 cm³/mol. The summed E-state index contributed by atoms with van der Waals surface area (Å²) in [4.78, 5) is 16.1. The molecule has 0 aliphatic rings. The lowest BCUT2D eigenvalue weighted by atomic mass is 10.1. The van der Waals surface area contributed by atoms with Crippen molar-refractivity contribution in [2.24, 2.45) is 11.7 Å². The van der Waals surface area contributed by atoms with Crippen molar-refractivity contribution >= 4 is 5.91 Å². The number of likely N-dealkylation sites (N-methyl/N-ethyl adjacent to an activating group) is 1. The Bertz CT molecular complexity index is 195. The molecule has 96 valence electrons. The van der Waals surface area contributed by atoms with Crippen molar-refractivity contribution in [1.29, 1.82) is 0 Å². The molecule has 0 fully saturated rings. The molecule has 0 spiro atoms. The number of amides is 1. The summed E-state index contributed by atoms with van der Waals surface area (Å²) in [6.45, 7) is 7.23. The van der Waals surface area contributed by atoms with Crippen molar-refractivity contribution in [3.8, 4) is 0 Å². The molecule has 0 aliphatic heterocycles. The zero-order valence-corrected chi connectivity index (χ0v) is 11.2. The summed E-state index contributed by atoms with van der Waals surface area (Å²) in [6.07, 6.45) is 1.79. The second-order valence-corrected chi connectivity index (χ2v) is 4.61. The van der Waals surface area contributed by atoms with Crippen molar-refractivity contribution in [3.63, 3.8) is 0 Å². The molecular formula is C12H27N3O. The van der Waals surface area contributed by atoms with Gasteiger partial charge in [-0.05, 0) is 33.5 Å².